The molecule has 0 unspecified atom stereocenters. The van der Waals surface area contributed by atoms with Crippen LogP contribution in [0, 0.1) is 0 Å². The van der Waals surface area contributed by atoms with Crippen molar-refractivity contribution in [2.75, 3.05) is 26.7 Å². The van der Waals surface area contributed by atoms with Crippen LogP contribution < -0.4 is 4.84 Å². The fraction of sp³-hybridized carbons (Fsp3) is 1.00. The van der Waals surface area contributed by atoms with Gasteiger partial charge in [0, 0.05) is 0 Å². The summed E-state index contributed by atoms with van der Waals surface area (Å²) >= 11 is 5.81. The largest absolute Gasteiger partial charge is 0.324 e. The highest BCUT2D eigenvalue weighted by Gasteiger charge is 2.30. The molecule has 0 aromatic rings. The van der Waals surface area contributed by atoms with Gasteiger partial charge in [-0.1, -0.05) is 26.7 Å². The Labute approximate surface area is 107 Å². The average Bonchev–Trinajstić information content (AvgIpc) is 2.23. The van der Waals surface area contributed by atoms with E-state index in [0.29, 0.717) is 0 Å². The minimum Gasteiger partial charge on any atom is -0.324 e. The Hall–Kier alpha value is 0.210. The van der Waals surface area contributed by atoms with Crippen molar-refractivity contribution in [3.8, 4) is 0 Å². The normalized spacial score (nSPS) is 13.1. The zero-order valence-electron chi connectivity index (χ0n) is 11.8. The zero-order valence-corrected chi connectivity index (χ0v) is 12.5. The summed E-state index contributed by atoms with van der Waals surface area (Å²) in [5.74, 6) is 0. The fourth-order valence-corrected chi connectivity index (χ4v) is 2.39. The lowest BCUT2D eigenvalue weighted by atomic mass is 10.0. The predicted octanol–water partition coefficient (Wildman–Crippen LogP) is 3.56. The molecule has 0 radical (unpaired) electrons. The fourth-order valence-electron chi connectivity index (χ4n) is 2.33. The summed E-state index contributed by atoms with van der Waals surface area (Å²) in [7, 11) is 2.36. The first-order valence-electron chi connectivity index (χ1n) is 6.60. The Morgan fingerprint density at radius 3 is 1.81 bits per heavy atom. The molecule has 0 heterocycles. The van der Waals surface area contributed by atoms with Crippen molar-refractivity contribution in [3.63, 3.8) is 0 Å². The van der Waals surface area contributed by atoms with Gasteiger partial charge in [0.2, 0.25) is 0 Å². The molecule has 0 aliphatic carbocycles. The standard InChI is InChI=1S/C13H30ClN2/c1-6-8-10-16(5,11-9-7-2)12-13(3,4)15-14/h15H,6-12H2,1-5H3/q+1. The van der Waals surface area contributed by atoms with Gasteiger partial charge in [-0.15, -0.1) is 0 Å². The first-order valence-corrected chi connectivity index (χ1v) is 6.98. The van der Waals surface area contributed by atoms with Gasteiger partial charge in [0.25, 0.3) is 0 Å². The van der Waals surface area contributed by atoms with E-state index in [0.717, 1.165) is 11.0 Å². The summed E-state index contributed by atoms with van der Waals surface area (Å²) in [5.41, 5.74) is 0.0117. The summed E-state index contributed by atoms with van der Waals surface area (Å²) in [6.07, 6.45) is 5.15. The molecule has 0 aromatic heterocycles. The molecule has 0 aliphatic rings. The molecule has 0 atom stereocenters. The quantitative estimate of drug-likeness (QED) is 0.487. The van der Waals surface area contributed by atoms with E-state index < -0.39 is 0 Å². The van der Waals surface area contributed by atoms with Crippen LogP contribution in [-0.4, -0.2) is 36.7 Å². The highest BCUT2D eigenvalue weighted by Crippen LogP contribution is 2.16. The lowest BCUT2D eigenvalue weighted by Crippen LogP contribution is -2.56. The minimum atomic E-state index is 0.0117. The molecule has 98 valence electrons. The van der Waals surface area contributed by atoms with E-state index in [4.69, 9.17) is 11.8 Å². The van der Waals surface area contributed by atoms with Crippen LogP contribution in [0.2, 0.25) is 0 Å². The molecule has 0 saturated heterocycles. The van der Waals surface area contributed by atoms with Gasteiger partial charge < -0.3 is 4.48 Å². The maximum Gasteiger partial charge on any atom is 0.0976 e. The molecule has 0 rings (SSSR count). The molecule has 0 amide bonds. The summed E-state index contributed by atoms with van der Waals surface area (Å²) in [6.45, 7) is 12.5. The number of nitrogens with zero attached hydrogens (tertiary/aromatic N) is 1. The third-order valence-electron chi connectivity index (χ3n) is 3.14. The summed E-state index contributed by atoms with van der Waals surface area (Å²) < 4.78 is 1.13. The summed E-state index contributed by atoms with van der Waals surface area (Å²) in [6, 6.07) is 0. The van der Waals surface area contributed by atoms with Crippen molar-refractivity contribution in [2.45, 2.75) is 58.9 Å². The molecule has 16 heavy (non-hydrogen) atoms. The van der Waals surface area contributed by atoms with Gasteiger partial charge in [0.15, 0.2) is 0 Å². The van der Waals surface area contributed by atoms with E-state index in [-0.39, 0.29) is 5.54 Å². The second-order valence-corrected chi connectivity index (χ2v) is 6.10. The smallest absolute Gasteiger partial charge is 0.0976 e. The molecule has 0 aromatic carbocycles. The van der Waals surface area contributed by atoms with Crippen LogP contribution in [0.25, 0.3) is 0 Å². The summed E-state index contributed by atoms with van der Waals surface area (Å²) in [4.78, 5) is 2.91. The Morgan fingerprint density at radius 2 is 1.50 bits per heavy atom. The Balaban J connectivity index is 4.39. The molecule has 1 N–H and O–H groups in total. The molecule has 0 spiro atoms. The number of rotatable bonds is 9. The van der Waals surface area contributed by atoms with Crippen molar-refractivity contribution < 1.29 is 4.48 Å². The van der Waals surface area contributed by atoms with Gasteiger partial charge in [-0.05, 0) is 38.5 Å². The lowest BCUT2D eigenvalue weighted by Gasteiger charge is -2.40. The van der Waals surface area contributed by atoms with E-state index in [1.807, 2.05) is 0 Å². The van der Waals surface area contributed by atoms with Crippen molar-refractivity contribution >= 4 is 11.8 Å². The Bertz CT molecular complexity index is 173. The third-order valence-corrected chi connectivity index (χ3v) is 3.65. The van der Waals surface area contributed by atoms with Gasteiger partial charge in [-0.25, -0.2) is 4.84 Å². The first kappa shape index (κ1) is 16.2. The first-order chi connectivity index (χ1) is 7.39. The van der Waals surface area contributed by atoms with Crippen LogP contribution >= 0.6 is 11.8 Å². The van der Waals surface area contributed by atoms with Crippen molar-refractivity contribution in [2.24, 2.45) is 0 Å². The Morgan fingerprint density at radius 1 is 1.06 bits per heavy atom. The summed E-state index contributed by atoms with van der Waals surface area (Å²) in [5, 5.41) is 0. The molecule has 0 fully saturated rings. The van der Waals surface area contributed by atoms with Crippen LogP contribution in [0.3, 0.4) is 0 Å². The molecular formula is C13H30ClN2+. The van der Waals surface area contributed by atoms with Crippen LogP contribution in [0.15, 0.2) is 0 Å². The topological polar surface area (TPSA) is 12.0 Å². The van der Waals surface area contributed by atoms with Crippen molar-refractivity contribution in [1.29, 1.82) is 0 Å². The minimum absolute atomic E-state index is 0.0117. The highest BCUT2D eigenvalue weighted by molar-refractivity contribution is 6.13. The number of unbranched alkanes of at least 4 members (excludes halogenated alkanes) is 2. The molecule has 3 heteroatoms. The van der Waals surface area contributed by atoms with Crippen molar-refractivity contribution in [3.05, 3.63) is 0 Å². The maximum atomic E-state index is 5.81. The highest BCUT2D eigenvalue weighted by atomic mass is 35.5. The van der Waals surface area contributed by atoms with Crippen LogP contribution in [0.1, 0.15) is 53.4 Å². The van der Waals surface area contributed by atoms with Gasteiger partial charge in [0.1, 0.15) is 0 Å². The van der Waals surface area contributed by atoms with E-state index in [9.17, 15) is 0 Å². The predicted molar refractivity (Wildman–Crippen MR) is 73.7 cm³/mol. The van der Waals surface area contributed by atoms with Crippen LogP contribution in [0.4, 0.5) is 0 Å². The molecule has 0 bridgehead atoms. The van der Waals surface area contributed by atoms with E-state index in [2.05, 4.69) is 39.6 Å². The van der Waals surface area contributed by atoms with E-state index >= 15 is 0 Å². The average molecular weight is 250 g/mol. The molecular weight excluding hydrogens is 220 g/mol. The zero-order chi connectivity index (χ0) is 12.7. The third kappa shape index (κ3) is 6.72. The second kappa shape index (κ2) is 7.52. The van der Waals surface area contributed by atoms with Gasteiger partial charge in [0.05, 0.1) is 32.2 Å². The SMILES string of the molecule is CCCC[N+](C)(CCCC)CC(C)(C)NCl. The van der Waals surface area contributed by atoms with Gasteiger partial charge in [-0.2, -0.15) is 0 Å². The van der Waals surface area contributed by atoms with Crippen molar-refractivity contribution in [1.82, 2.24) is 4.84 Å². The van der Waals surface area contributed by atoms with E-state index in [1.54, 1.807) is 0 Å². The Kier molecular flexibility index (Phi) is 7.62. The molecule has 2 nitrogen and oxygen atoms in total. The van der Waals surface area contributed by atoms with Crippen LogP contribution in [0.5, 0.6) is 0 Å². The number of quaternary nitrogens is 1. The number of hydrogen-bond donors (Lipinski definition) is 1. The van der Waals surface area contributed by atoms with Gasteiger partial charge >= 0.3 is 0 Å². The molecule has 0 aliphatic heterocycles. The number of halogens is 1. The van der Waals surface area contributed by atoms with Gasteiger partial charge in [-0.3, -0.25) is 0 Å². The number of hydrogen-bond acceptors (Lipinski definition) is 1. The number of likely N-dealkylation sites (N-methyl/N-ethyl adjacent to an activating group) is 1. The lowest BCUT2D eigenvalue weighted by molar-refractivity contribution is -0.913. The second-order valence-electron chi connectivity index (χ2n) is 5.91. The maximum absolute atomic E-state index is 5.81. The molecule has 0 saturated carbocycles. The monoisotopic (exact) mass is 249 g/mol. The number of nitrogens with one attached hydrogen (secondary N) is 1. The van der Waals surface area contributed by atoms with Crippen LogP contribution in [-0.2, 0) is 0 Å². The van der Waals surface area contributed by atoms with E-state index in [1.165, 1.54) is 38.8 Å².